The molecule has 2 aliphatic rings. The molecule has 1 aliphatic heterocycles. The Kier molecular flexibility index (Phi) is 2.08. The number of aliphatic hydroxyl groups excluding tert-OH is 3. The number of fused-ring (bicyclic) bond motifs is 1. The normalized spacial score (nSPS) is 56.3. The average Bonchev–Trinajstić information content (AvgIpc) is 2.39. The fraction of sp³-hybridized carbons (Fsp3) is 0.875. The summed E-state index contributed by atoms with van der Waals surface area (Å²) in [5.41, 5.74) is -1.51. The second-order valence-corrected chi connectivity index (χ2v) is 3.73. The molecule has 0 aromatic heterocycles. The van der Waals surface area contributed by atoms with Crippen LogP contribution >= 0.6 is 0 Å². The third-order valence-corrected chi connectivity index (χ3v) is 2.88. The summed E-state index contributed by atoms with van der Waals surface area (Å²) < 4.78 is 4.96. The molecule has 4 N–H and O–H groups in total. The summed E-state index contributed by atoms with van der Waals surface area (Å²) >= 11 is 0. The predicted octanol–water partition coefficient (Wildman–Crippen LogP) is -1.85. The van der Waals surface area contributed by atoms with E-state index < -0.39 is 30.0 Å². The molecule has 0 amide bonds. The van der Waals surface area contributed by atoms with Gasteiger partial charge >= 0.3 is 0 Å². The Bertz CT molecular complexity index is 209. The minimum Gasteiger partial charge on any atom is -0.390 e. The second kappa shape index (κ2) is 2.90. The summed E-state index contributed by atoms with van der Waals surface area (Å²) in [7, 11) is 0. The SMILES string of the molecule is OC1CC[C@@]2(O)[C@@H]1O[CH][C@H](O)[C@H]2O. The Balaban J connectivity index is 2.23. The van der Waals surface area contributed by atoms with Gasteiger partial charge in [-0.15, -0.1) is 0 Å². The van der Waals surface area contributed by atoms with Crippen LogP contribution < -0.4 is 0 Å². The number of aliphatic hydroxyl groups is 4. The van der Waals surface area contributed by atoms with Gasteiger partial charge in [0.05, 0.1) is 6.10 Å². The van der Waals surface area contributed by atoms with E-state index in [1.54, 1.807) is 0 Å². The molecule has 1 saturated carbocycles. The standard InChI is InChI=1S/C8H13O5/c9-4-1-2-8(12)6(11)5(10)3-13-7(4)8/h3-7,9-12H,1-2H2/t4?,5-,6+,7+,8-/m0/s1. The third kappa shape index (κ3) is 1.19. The molecule has 0 aromatic carbocycles. The summed E-state index contributed by atoms with van der Waals surface area (Å²) in [4.78, 5) is 0. The van der Waals surface area contributed by atoms with Gasteiger partial charge in [-0.2, -0.15) is 0 Å². The Morgan fingerprint density at radius 3 is 2.69 bits per heavy atom. The molecule has 5 nitrogen and oxygen atoms in total. The van der Waals surface area contributed by atoms with Gasteiger partial charge in [-0.05, 0) is 12.8 Å². The Morgan fingerprint density at radius 2 is 2.00 bits per heavy atom. The summed E-state index contributed by atoms with van der Waals surface area (Å²) in [6.45, 7) is 1.05. The van der Waals surface area contributed by atoms with E-state index in [1.807, 2.05) is 0 Å². The van der Waals surface area contributed by atoms with E-state index in [0.717, 1.165) is 6.61 Å². The molecule has 0 spiro atoms. The van der Waals surface area contributed by atoms with Crippen LogP contribution in [0, 0.1) is 6.61 Å². The highest BCUT2D eigenvalue weighted by Crippen LogP contribution is 2.40. The van der Waals surface area contributed by atoms with Gasteiger partial charge in [-0.3, -0.25) is 0 Å². The number of hydrogen-bond donors (Lipinski definition) is 4. The molecular weight excluding hydrogens is 176 g/mol. The van der Waals surface area contributed by atoms with E-state index >= 15 is 0 Å². The van der Waals surface area contributed by atoms with Crippen molar-refractivity contribution >= 4 is 0 Å². The van der Waals surface area contributed by atoms with E-state index in [4.69, 9.17) is 4.74 Å². The van der Waals surface area contributed by atoms with Crippen molar-refractivity contribution < 1.29 is 25.2 Å². The molecule has 1 unspecified atom stereocenters. The van der Waals surface area contributed by atoms with Crippen molar-refractivity contribution in [1.82, 2.24) is 0 Å². The van der Waals surface area contributed by atoms with Gasteiger partial charge in [0.1, 0.15) is 30.5 Å². The van der Waals surface area contributed by atoms with E-state index in [1.165, 1.54) is 0 Å². The van der Waals surface area contributed by atoms with Crippen LogP contribution in [0.25, 0.3) is 0 Å². The second-order valence-electron chi connectivity index (χ2n) is 3.73. The zero-order valence-electron chi connectivity index (χ0n) is 7.00. The van der Waals surface area contributed by atoms with Crippen molar-refractivity contribution in [3.05, 3.63) is 6.61 Å². The smallest absolute Gasteiger partial charge is 0.122 e. The van der Waals surface area contributed by atoms with Crippen molar-refractivity contribution in [3.63, 3.8) is 0 Å². The molecule has 13 heavy (non-hydrogen) atoms. The van der Waals surface area contributed by atoms with Crippen molar-refractivity contribution in [3.8, 4) is 0 Å². The molecule has 75 valence electrons. The van der Waals surface area contributed by atoms with Crippen LogP contribution in [0.4, 0.5) is 0 Å². The van der Waals surface area contributed by atoms with E-state index in [-0.39, 0.29) is 6.42 Å². The largest absolute Gasteiger partial charge is 0.390 e. The molecule has 1 radical (unpaired) electrons. The topological polar surface area (TPSA) is 90.2 Å². The number of hydrogen-bond acceptors (Lipinski definition) is 5. The third-order valence-electron chi connectivity index (χ3n) is 2.88. The summed E-state index contributed by atoms with van der Waals surface area (Å²) in [5, 5.41) is 38.0. The lowest BCUT2D eigenvalue weighted by Crippen LogP contribution is -2.60. The van der Waals surface area contributed by atoms with E-state index in [2.05, 4.69) is 0 Å². The van der Waals surface area contributed by atoms with Crippen molar-refractivity contribution in [1.29, 1.82) is 0 Å². The fourth-order valence-electron chi connectivity index (χ4n) is 2.07. The van der Waals surface area contributed by atoms with Crippen LogP contribution in [0.5, 0.6) is 0 Å². The fourth-order valence-corrected chi connectivity index (χ4v) is 2.07. The number of ether oxygens (including phenoxy) is 1. The van der Waals surface area contributed by atoms with Gasteiger partial charge in [0, 0.05) is 0 Å². The summed E-state index contributed by atoms with van der Waals surface area (Å²) in [5.74, 6) is 0. The Morgan fingerprint density at radius 1 is 1.31 bits per heavy atom. The van der Waals surface area contributed by atoms with Crippen LogP contribution in [0.3, 0.4) is 0 Å². The van der Waals surface area contributed by atoms with E-state index in [0.29, 0.717) is 6.42 Å². The minimum atomic E-state index is -1.51. The molecule has 0 aromatic rings. The van der Waals surface area contributed by atoms with Crippen molar-refractivity contribution in [2.45, 2.75) is 42.9 Å². The van der Waals surface area contributed by atoms with Crippen LogP contribution in [0.15, 0.2) is 0 Å². The molecule has 5 heteroatoms. The Labute approximate surface area is 75.6 Å². The van der Waals surface area contributed by atoms with Gasteiger partial charge in [-0.25, -0.2) is 0 Å². The lowest BCUT2D eigenvalue weighted by atomic mass is 9.86. The summed E-state index contributed by atoms with van der Waals surface area (Å²) in [6.07, 6.45) is -3.44. The molecule has 2 fully saturated rings. The van der Waals surface area contributed by atoms with Crippen LogP contribution in [-0.4, -0.2) is 50.4 Å². The highest BCUT2D eigenvalue weighted by Gasteiger charge is 2.57. The van der Waals surface area contributed by atoms with E-state index in [9.17, 15) is 20.4 Å². The maximum Gasteiger partial charge on any atom is 0.122 e. The first-order valence-electron chi connectivity index (χ1n) is 4.31. The first-order chi connectivity index (χ1) is 6.05. The average molecular weight is 189 g/mol. The first kappa shape index (κ1) is 9.36. The van der Waals surface area contributed by atoms with Crippen LogP contribution in [0.1, 0.15) is 12.8 Å². The molecular formula is C8H13O5. The lowest BCUT2D eigenvalue weighted by molar-refractivity contribution is -0.221. The van der Waals surface area contributed by atoms with Crippen molar-refractivity contribution in [2.75, 3.05) is 0 Å². The minimum absolute atomic E-state index is 0.241. The van der Waals surface area contributed by atoms with Gasteiger partial charge in [0.15, 0.2) is 0 Å². The zero-order chi connectivity index (χ0) is 9.64. The lowest BCUT2D eigenvalue weighted by Gasteiger charge is -2.41. The molecule has 1 saturated heterocycles. The van der Waals surface area contributed by atoms with Crippen molar-refractivity contribution in [2.24, 2.45) is 0 Å². The molecule has 1 heterocycles. The van der Waals surface area contributed by atoms with Gasteiger partial charge in [-0.1, -0.05) is 0 Å². The quantitative estimate of drug-likeness (QED) is 0.359. The first-order valence-corrected chi connectivity index (χ1v) is 4.31. The molecule has 0 bridgehead atoms. The molecule has 1 aliphatic carbocycles. The highest BCUT2D eigenvalue weighted by molar-refractivity contribution is 5.09. The van der Waals surface area contributed by atoms with Gasteiger partial charge in [0.25, 0.3) is 0 Å². The molecule has 2 rings (SSSR count). The zero-order valence-corrected chi connectivity index (χ0v) is 7.00. The maximum atomic E-state index is 9.91. The monoisotopic (exact) mass is 189 g/mol. The van der Waals surface area contributed by atoms with Crippen LogP contribution in [-0.2, 0) is 4.74 Å². The predicted molar refractivity (Wildman–Crippen MR) is 41.4 cm³/mol. The van der Waals surface area contributed by atoms with Gasteiger partial charge < -0.3 is 25.2 Å². The highest BCUT2D eigenvalue weighted by atomic mass is 16.5. The van der Waals surface area contributed by atoms with Gasteiger partial charge in [0.2, 0.25) is 0 Å². The number of rotatable bonds is 0. The summed E-state index contributed by atoms with van der Waals surface area (Å²) in [6, 6.07) is 0. The van der Waals surface area contributed by atoms with Crippen LogP contribution in [0.2, 0.25) is 0 Å². The Hall–Kier alpha value is -0.200. The molecule has 5 atom stereocenters. The maximum absolute atomic E-state index is 9.91.